The number of fused-ring (bicyclic) bond motifs is 1. The van der Waals surface area contributed by atoms with Gasteiger partial charge in [-0.15, -0.1) is 0 Å². The van der Waals surface area contributed by atoms with E-state index >= 15 is 0 Å². The zero-order valence-corrected chi connectivity index (χ0v) is 15.8. The highest BCUT2D eigenvalue weighted by Gasteiger charge is 2.04. The molecule has 6 nitrogen and oxygen atoms in total. The summed E-state index contributed by atoms with van der Waals surface area (Å²) in [5.74, 6) is 0.759. The van der Waals surface area contributed by atoms with E-state index in [0.29, 0.717) is 22.4 Å². The van der Waals surface area contributed by atoms with Gasteiger partial charge in [-0.1, -0.05) is 11.6 Å². The Hall–Kier alpha value is -1.96. The number of rotatable bonds is 8. The normalized spacial score (nSPS) is 11.0. The highest BCUT2D eigenvalue weighted by Crippen LogP contribution is 2.23. The van der Waals surface area contributed by atoms with Crippen LogP contribution in [0.15, 0.2) is 29.4 Å². The third-order valence-electron chi connectivity index (χ3n) is 3.33. The molecule has 0 aliphatic heterocycles. The van der Waals surface area contributed by atoms with Crippen molar-refractivity contribution in [3.63, 3.8) is 0 Å². The molecule has 2 N–H and O–H groups in total. The van der Waals surface area contributed by atoms with E-state index < -0.39 is 0 Å². The molecule has 134 valence electrons. The van der Waals surface area contributed by atoms with Crippen LogP contribution in [0.2, 0.25) is 5.15 Å². The van der Waals surface area contributed by atoms with Crippen molar-refractivity contribution in [1.29, 1.82) is 0 Å². The second-order valence-corrected chi connectivity index (χ2v) is 5.87. The molecule has 0 saturated carbocycles. The summed E-state index contributed by atoms with van der Waals surface area (Å²) in [5.41, 5.74) is 4.24. The zero-order valence-electron chi connectivity index (χ0n) is 14.2. The van der Waals surface area contributed by atoms with Gasteiger partial charge in [0, 0.05) is 30.7 Å². The van der Waals surface area contributed by atoms with Gasteiger partial charge in [0.15, 0.2) is 5.11 Å². The summed E-state index contributed by atoms with van der Waals surface area (Å²) in [6.45, 7) is 4.12. The summed E-state index contributed by atoms with van der Waals surface area (Å²) in [6.07, 6.45) is 2.46. The molecule has 0 bridgehead atoms. The third-order valence-corrected chi connectivity index (χ3v) is 3.87. The van der Waals surface area contributed by atoms with Crippen LogP contribution in [0.4, 0.5) is 0 Å². The maximum atomic E-state index is 6.20. The van der Waals surface area contributed by atoms with Crippen LogP contribution in [0, 0.1) is 0 Å². The number of hydrogen-bond acceptors (Lipinski definition) is 5. The molecule has 25 heavy (non-hydrogen) atoms. The summed E-state index contributed by atoms with van der Waals surface area (Å²) in [5, 5.41) is 8.89. The van der Waals surface area contributed by atoms with Crippen molar-refractivity contribution >= 4 is 46.0 Å². The number of hydrogen-bond donors (Lipinski definition) is 2. The minimum absolute atomic E-state index is 0.374. The van der Waals surface area contributed by atoms with Crippen molar-refractivity contribution in [3.05, 3.63) is 35.0 Å². The van der Waals surface area contributed by atoms with E-state index in [1.165, 1.54) is 0 Å². The molecule has 0 unspecified atom stereocenters. The topological polar surface area (TPSA) is 67.8 Å². The lowest BCUT2D eigenvalue weighted by Gasteiger charge is -2.07. The van der Waals surface area contributed by atoms with Crippen LogP contribution >= 0.6 is 23.8 Å². The number of nitrogens with zero attached hydrogens (tertiary/aromatic N) is 2. The average molecular weight is 381 g/mol. The van der Waals surface area contributed by atoms with Gasteiger partial charge < -0.3 is 14.8 Å². The van der Waals surface area contributed by atoms with Gasteiger partial charge in [0.25, 0.3) is 0 Å². The molecule has 0 atom stereocenters. The van der Waals surface area contributed by atoms with Crippen molar-refractivity contribution in [1.82, 2.24) is 15.7 Å². The van der Waals surface area contributed by atoms with E-state index in [0.717, 1.165) is 36.2 Å². The molecule has 0 spiro atoms. The van der Waals surface area contributed by atoms with Gasteiger partial charge in [0.2, 0.25) is 0 Å². The summed E-state index contributed by atoms with van der Waals surface area (Å²) in [6, 6.07) is 7.50. The third kappa shape index (κ3) is 6.12. The summed E-state index contributed by atoms with van der Waals surface area (Å²) in [7, 11) is 1.62. The van der Waals surface area contributed by atoms with Crippen LogP contribution < -0.4 is 15.5 Å². The van der Waals surface area contributed by atoms with E-state index in [1.54, 1.807) is 13.3 Å². The number of ether oxygens (including phenoxy) is 2. The van der Waals surface area contributed by atoms with E-state index in [1.807, 2.05) is 31.2 Å². The van der Waals surface area contributed by atoms with Crippen LogP contribution in [0.25, 0.3) is 10.9 Å². The van der Waals surface area contributed by atoms with Crippen molar-refractivity contribution in [2.45, 2.75) is 13.3 Å². The van der Waals surface area contributed by atoms with Gasteiger partial charge in [-0.2, -0.15) is 5.10 Å². The number of halogens is 1. The van der Waals surface area contributed by atoms with Gasteiger partial charge in [0.05, 0.1) is 18.8 Å². The van der Waals surface area contributed by atoms with Gasteiger partial charge in [-0.25, -0.2) is 4.98 Å². The minimum Gasteiger partial charge on any atom is -0.497 e. The Balaban J connectivity index is 1.93. The number of nitrogens with one attached hydrogen (secondary N) is 2. The quantitative estimate of drug-likeness (QED) is 0.241. The number of methoxy groups -OCH3 is 1. The summed E-state index contributed by atoms with van der Waals surface area (Å²) >= 11 is 11.3. The lowest BCUT2D eigenvalue weighted by Crippen LogP contribution is -2.33. The highest BCUT2D eigenvalue weighted by molar-refractivity contribution is 7.80. The first kappa shape index (κ1) is 19.4. The minimum atomic E-state index is 0.374. The number of aromatic nitrogens is 1. The Labute approximate surface area is 157 Å². The first-order valence-corrected chi connectivity index (χ1v) is 8.71. The van der Waals surface area contributed by atoms with E-state index in [9.17, 15) is 0 Å². The molecule has 8 heteroatoms. The maximum Gasteiger partial charge on any atom is 0.186 e. The first-order valence-electron chi connectivity index (χ1n) is 7.93. The molecule has 1 heterocycles. The molecule has 0 radical (unpaired) electrons. The van der Waals surface area contributed by atoms with E-state index in [-0.39, 0.29) is 0 Å². The summed E-state index contributed by atoms with van der Waals surface area (Å²) in [4.78, 5) is 4.36. The Morgan fingerprint density at radius 1 is 1.40 bits per heavy atom. The van der Waals surface area contributed by atoms with Crippen LogP contribution in [0.3, 0.4) is 0 Å². The Morgan fingerprint density at radius 2 is 2.24 bits per heavy atom. The second kappa shape index (κ2) is 10.1. The second-order valence-electron chi connectivity index (χ2n) is 5.10. The maximum absolute atomic E-state index is 6.20. The molecule has 1 aromatic carbocycles. The molecule has 0 aliphatic carbocycles. The fourth-order valence-corrected chi connectivity index (χ4v) is 2.43. The molecule has 2 aromatic rings. The molecular formula is C17H21ClN4O2S. The first-order chi connectivity index (χ1) is 12.1. The monoisotopic (exact) mass is 380 g/mol. The van der Waals surface area contributed by atoms with E-state index in [2.05, 4.69) is 20.8 Å². The Kier molecular flexibility index (Phi) is 7.84. The van der Waals surface area contributed by atoms with E-state index in [4.69, 9.17) is 33.3 Å². The van der Waals surface area contributed by atoms with Crippen LogP contribution in [0.1, 0.15) is 18.9 Å². The largest absolute Gasteiger partial charge is 0.497 e. The van der Waals surface area contributed by atoms with Crippen LogP contribution in [-0.4, -0.2) is 43.2 Å². The number of benzene rings is 1. The molecule has 0 saturated heterocycles. The van der Waals surface area contributed by atoms with Gasteiger partial charge >= 0.3 is 0 Å². The van der Waals surface area contributed by atoms with Gasteiger partial charge in [0.1, 0.15) is 10.9 Å². The molecule has 0 amide bonds. The summed E-state index contributed by atoms with van der Waals surface area (Å²) < 4.78 is 10.5. The number of pyridine rings is 1. The molecule has 0 fully saturated rings. The van der Waals surface area contributed by atoms with Crippen molar-refractivity contribution in [3.8, 4) is 5.75 Å². The highest BCUT2D eigenvalue weighted by atomic mass is 35.5. The number of hydrazone groups is 1. The lowest BCUT2D eigenvalue weighted by molar-refractivity contribution is 0.145. The molecular weight excluding hydrogens is 360 g/mol. The van der Waals surface area contributed by atoms with Crippen molar-refractivity contribution < 1.29 is 9.47 Å². The molecule has 1 aromatic heterocycles. The van der Waals surface area contributed by atoms with Gasteiger partial charge in [-0.3, -0.25) is 5.43 Å². The predicted molar refractivity (Wildman–Crippen MR) is 106 cm³/mol. The predicted octanol–water partition coefficient (Wildman–Crippen LogP) is 3.12. The van der Waals surface area contributed by atoms with Crippen molar-refractivity contribution in [2.75, 3.05) is 26.9 Å². The fraction of sp³-hybridized carbons (Fsp3) is 0.353. The molecule has 2 rings (SSSR count). The Bertz CT molecular complexity index is 755. The lowest BCUT2D eigenvalue weighted by atomic mass is 10.1. The SMILES string of the molecule is CCOCCCNC(=S)N/N=C\c1cc2cc(OC)ccc2nc1Cl. The zero-order chi connectivity index (χ0) is 18.1. The Morgan fingerprint density at radius 3 is 3.00 bits per heavy atom. The van der Waals surface area contributed by atoms with Gasteiger partial charge in [-0.05, 0) is 49.8 Å². The van der Waals surface area contributed by atoms with Crippen LogP contribution in [-0.2, 0) is 4.74 Å². The fourth-order valence-electron chi connectivity index (χ4n) is 2.09. The number of thiocarbonyl (C=S) groups is 1. The average Bonchev–Trinajstić information content (AvgIpc) is 2.61. The smallest absolute Gasteiger partial charge is 0.186 e. The van der Waals surface area contributed by atoms with Crippen molar-refractivity contribution in [2.24, 2.45) is 5.10 Å². The van der Waals surface area contributed by atoms with Crippen LogP contribution in [0.5, 0.6) is 5.75 Å². The molecule has 0 aliphatic rings. The standard InChI is InChI=1S/C17H21ClN4O2S/c1-3-24-8-4-7-19-17(25)22-20-11-13-9-12-10-14(23-2)5-6-15(12)21-16(13)18/h5-6,9-11H,3-4,7-8H2,1-2H3,(H2,19,22,25)/b20-11-.